The Labute approximate surface area is 165 Å². The summed E-state index contributed by atoms with van der Waals surface area (Å²) in [5.41, 5.74) is 2.24. The number of aromatic nitrogens is 1. The maximum atomic E-state index is 12.6. The predicted molar refractivity (Wildman–Crippen MR) is 111 cm³/mol. The Bertz CT molecular complexity index is 1030. The highest BCUT2D eigenvalue weighted by Gasteiger charge is 2.22. The number of carbonyl (C=O) groups is 1. The van der Waals surface area contributed by atoms with Gasteiger partial charge in [-0.25, -0.2) is 8.42 Å². The fourth-order valence-corrected chi connectivity index (χ4v) is 4.65. The first-order valence-corrected chi connectivity index (χ1v) is 10.8. The van der Waals surface area contributed by atoms with Gasteiger partial charge in [-0.1, -0.05) is 44.2 Å². The van der Waals surface area contributed by atoms with Crippen molar-refractivity contribution in [2.24, 2.45) is 0 Å². The molecular weight excluding hydrogens is 374 g/mol. The Morgan fingerprint density at radius 1 is 1.07 bits per heavy atom. The van der Waals surface area contributed by atoms with Gasteiger partial charge in [-0.15, -0.1) is 0 Å². The van der Waals surface area contributed by atoms with Crippen molar-refractivity contribution in [1.82, 2.24) is 14.6 Å². The summed E-state index contributed by atoms with van der Waals surface area (Å²) in [7, 11) is -3.48. The van der Waals surface area contributed by atoms with Crippen LogP contribution in [0.1, 0.15) is 42.9 Å². The first-order valence-electron chi connectivity index (χ1n) is 9.35. The number of amides is 1. The lowest BCUT2D eigenvalue weighted by Crippen LogP contribution is -2.30. The van der Waals surface area contributed by atoms with Gasteiger partial charge in [0.1, 0.15) is 5.69 Å². The number of carbonyl (C=O) groups excluding carboxylic acids is 1. The second-order valence-corrected chi connectivity index (χ2v) is 8.56. The van der Waals surface area contributed by atoms with E-state index < -0.39 is 10.0 Å². The minimum absolute atomic E-state index is 0.205. The van der Waals surface area contributed by atoms with Crippen LogP contribution in [0.4, 0.5) is 0 Å². The highest BCUT2D eigenvalue weighted by molar-refractivity contribution is 7.89. The van der Waals surface area contributed by atoms with Crippen LogP contribution in [-0.4, -0.2) is 36.7 Å². The van der Waals surface area contributed by atoms with Gasteiger partial charge in [0.15, 0.2) is 0 Å². The fourth-order valence-electron chi connectivity index (χ4n) is 3.19. The van der Waals surface area contributed by atoms with Gasteiger partial charge in [0, 0.05) is 24.0 Å². The van der Waals surface area contributed by atoms with Gasteiger partial charge in [-0.2, -0.15) is 4.31 Å². The Morgan fingerprint density at radius 2 is 1.71 bits per heavy atom. The van der Waals surface area contributed by atoms with Crippen LogP contribution in [0.25, 0.3) is 10.9 Å². The molecule has 0 aliphatic carbocycles. The molecule has 1 amide bonds. The van der Waals surface area contributed by atoms with Crippen LogP contribution in [0.5, 0.6) is 0 Å². The number of benzene rings is 2. The molecule has 0 fully saturated rings. The number of nitrogens with zero attached hydrogens (tertiary/aromatic N) is 1. The fraction of sp³-hybridized carbons (Fsp3) is 0.286. The van der Waals surface area contributed by atoms with Crippen molar-refractivity contribution in [2.75, 3.05) is 13.1 Å². The largest absolute Gasteiger partial charge is 0.351 e. The summed E-state index contributed by atoms with van der Waals surface area (Å²) in [4.78, 5) is 15.9. The molecule has 2 aromatic carbocycles. The van der Waals surface area contributed by atoms with Crippen LogP contribution >= 0.6 is 0 Å². The van der Waals surface area contributed by atoms with Gasteiger partial charge in [0.25, 0.3) is 5.91 Å². The lowest BCUT2D eigenvalue weighted by Gasteiger charge is -2.19. The number of hydrogen-bond acceptors (Lipinski definition) is 3. The van der Waals surface area contributed by atoms with E-state index in [9.17, 15) is 13.2 Å². The summed E-state index contributed by atoms with van der Waals surface area (Å²) in [5.74, 6) is -0.205. The quantitative estimate of drug-likeness (QED) is 0.636. The van der Waals surface area contributed by atoms with Gasteiger partial charge >= 0.3 is 0 Å². The number of sulfonamides is 1. The molecule has 6 nitrogen and oxygen atoms in total. The predicted octanol–water partition coefficient (Wildman–Crippen LogP) is 3.69. The SMILES string of the molecule is CCN(CC)S(=O)(=O)c1ccc([C@@H](C)NC(=O)c2cc3ccccc3[nH]2)cc1. The van der Waals surface area contributed by atoms with Crippen molar-refractivity contribution in [1.29, 1.82) is 0 Å². The van der Waals surface area contributed by atoms with Gasteiger partial charge in [-0.3, -0.25) is 4.79 Å². The molecule has 2 N–H and O–H groups in total. The van der Waals surface area contributed by atoms with Crippen molar-refractivity contribution in [3.05, 3.63) is 65.9 Å². The van der Waals surface area contributed by atoms with Crippen LogP contribution in [0, 0.1) is 0 Å². The number of H-pyrrole nitrogens is 1. The monoisotopic (exact) mass is 399 g/mol. The van der Waals surface area contributed by atoms with Gasteiger partial charge in [0.05, 0.1) is 10.9 Å². The van der Waals surface area contributed by atoms with E-state index in [-0.39, 0.29) is 16.8 Å². The van der Waals surface area contributed by atoms with E-state index in [4.69, 9.17) is 0 Å². The zero-order valence-electron chi connectivity index (χ0n) is 16.3. The summed E-state index contributed by atoms with van der Waals surface area (Å²) in [5, 5.41) is 3.92. The molecule has 0 aliphatic heterocycles. The molecule has 1 heterocycles. The molecule has 28 heavy (non-hydrogen) atoms. The molecule has 0 radical (unpaired) electrons. The molecule has 0 bridgehead atoms. The van der Waals surface area contributed by atoms with E-state index >= 15 is 0 Å². The van der Waals surface area contributed by atoms with E-state index in [0.29, 0.717) is 18.8 Å². The van der Waals surface area contributed by atoms with E-state index in [1.165, 1.54) is 4.31 Å². The molecule has 3 rings (SSSR count). The van der Waals surface area contributed by atoms with Crippen LogP contribution in [0.15, 0.2) is 59.5 Å². The Morgan fingerprint density at radius 3 is 2.32 bits per heavy atom. The number of nitrogens with one attached hydrogen (secondary N) is 2. The lowest BCUT2D eigenvalue weighted by molar-refractivity contribution is 0.0935. The van der Waals surface area contributed by atoms with Crippen LogP contribution in [-0.2, 0) is 10.0 Å². The molecule has 3 aromatic rings. The number of rotatable bonds is 7. The molecule has 0 spiro atoms. The smallest absolute Gasteiger partial charge is 0.268 e. The van der Waals surface area contributed by atoms with E-state index in [1.54, 1.807) is 24.3 Å². The van der Waals surface area contributed by atoms with E-state index in [0.717, 1.165) is 16.5 Å². The third kappa shape index (κ3) is 3.95. The summed E-state index contributed by atoms with van der Waals surface area (Å²) in [6, 6.07) is 15.9. The van der Waals surface area contributed by atoms with Gasteiger partial charge < -0.3 is 10.3 Å². The van der Waals surface area contributed by atoms with Crippen molar-refractivity contribution >= 4 is 26.8 Å². The average molecular weight is 400 g/mol. The number of fused-ring (bicyclic) bond motifs is 1. The highest BCUT2D eigenvalue weighted by Crippen LogP contribution is 2.20. The summed E-state index contributed by atoms with van der Waals surface area (Å²) in [6.07, 6.45) is 0. The van der Waals surface area contributed by atoms with Crippen molar-refractivity contribution < 1.29 is 13.2 Å². The first kappa shape index (κ1) is 20.1. The molecule has 148 valence electrons. The summed E-state index contributed by atoms with van der Waals surface area (Å²) >= 11 is 0. The maximum Gasteiger partial charge on any atom is 0.268 e. The third-order valence-electron chi connectivity index (χ3n) is 4.85. The van der Waals surface area contributed by atoms with Crippen molar-refractivity contribution in [3.8, 4) is 0 Å². The molecule has 7 heteroatoms. The van der Waals surface area contributed by atoms with Crippen LogP contribution in [0.2, 0.25) is 0 Å². The highest BCUT2D eigenvalue weighted by atomic mass is 32.2. The van der Waals surface area contributed by atoms with Crippen molar-refractivity contribution in [2.45, 2.75) is 31.7 Å². The molecule has 1 aromatic heterocycles. The Kier molecular flexibility index (Phi) is 5.86. The second kappa shape index (κ2) is 8.16. The topological polar surface area (TPSA) is 82.3 Å². The number of aromatic amines is 1. The maximum absolute atomic E-state index is 12.6. The third-order valence-corrected chi connectivity index (χ3v) is 6.91. The second-order valence-electron chi connectivity index (χ2n) is 6.62. The minimum atomic E-state index is -3.48. The zero-order valence-corrected chi connectivity index (χ0v) is 17.1. The van der Waals surface area contributed by atoms with Crippen LogP contribution < -0.4 is 5.32 Å². The Hall–Kier alpha value is -2.64. The summed E-state index contributed by atoms with van der Waals surface area (Å²) in [6.45, 7) is 6.36. The van der Waals surface area contributed by atoms with Gasteiger partial charge in [-0.05, 0) is 36.8 Å². The average Bonchev–Trinajstić information content (AvgIpc) is 3.13. The van der Waals surface area contributed by atoms with Gasteiger partial charge in [0.2, 0.25) is 10.0 Å². The van der Waals surface area contributed by atoms with E-state index in [1.807, 2.05) is 51.1 Å². The lowest BCUT2D eigenvalue weighted by atomic mass is 10.1. The number of hydrogen-bond donors (Lipinski definition) is 2. The molecule has 0 aliphatic rings. The number of para-hydroxylation sites is 1. The Balaban J connectivity index is 1.74. The summed E-state index contributed by atoms with van der Waals surface area (Å²) < 4.78 is 26.6. The molecule has 0 saturated heterocycles. The molecule has 1 atom stereocenters. The van der Waals surface area contributed by atoms with Crippen LogP contribution in [0.3, 0.4) is 0 Å². The van der Waals surface area contributed by atoms with E-state index in [2.05, 4.69) is 10.3 Å². The molecular formula is C21H25N3O3S. The molecule has 0 unspecified atom stereocenters. The first-order chi connectivity index (χ1) is 13.4. The van der Waals surface area contributed by atoms with Crippen molar-refractivity contribution in [3.63, 3.8) is 0 Å². The minimum Gasteiger partial charge on any atom is -0.351 e. The standard InChI is InChI=1S/C21H25N3O3S/c1-4-24(5-2)28(26,27)18-12-10-16(11-13-18)15(3)22-21(25)20-14-17-8-6-7-9-19(17)23-20/h6-15,23H,4-5H2,1-3H3,(H,22,25)/t15-/m1/s1. The zero-order chi connectivity index (χ0) is 20.3. The normalized spacial score (nSPS) is 13.0. The molecule has 0 saturated carbocycles.